The van der Waals surface area contributed by atoms with E-state index in [4.69, 9.17) is 0 Å². The first-order valence-electron chi connectivity index (χ1n) is 5.43. The quantitative estimate of drug-likeness (QED) is 0.714. The second-order valence-corrected chi connectivity index (χ2v) is 3.88. The fraction of sp³-hybridized carbons (Fsp3) is 1.00. The topological polar surface area (TPSA) is 18.5 Å². The summed E-state index contributed by atoms with van der Waals surface area (Å²) in [6.45, 7) is 9.03. The molecular formula is C10H23N3. The van der Waals surface area contributed by atoms with Crippen molar-refractivity contribution in [2.24, 2.45) is 0 Å². The second-order valence-electron chi connectivity index (χ2n) is 3.88. The Kier molecular flexibility index (Phi) is 4.16. The van der Waals surface area contributed by atoms with E-state index in [9.17, 15) is 0 Å². The highest BCUT2D eigenvalue weighted by molar-refractivity contribution is 4.78. The van der Waals surface area contributed by atoms with Gasteiger partial charge in [-0.05, 0) is 19.8 Å². The van der Waals surface area contributed by atoms with Gasteiger partial charge in [0.2, 0.25) is 0 Å². The Labute approximate surface area is 82.1 Å². The van der Waals surface area contributed by atoms with Gasteiger partial charge in [0.05, 0.1) is 6.17 Å². The molecule has 0 aromatic heterocycles. The summed E-state index contributed by atoms with van der Waals surface area (Å²) in [5, 5.41) is 8.34. The molecule has 0 amide bonds. The van der Waals surface area contributed by atoms with Crippen LogP contribution in [-0.2, 0) is 0 Å². The first kappa shape index (κ1) is 11.0. The maximum atomic E-state index is 3.51. The zero-order chi connectivity index (χ0) is 9.84. The van der Waals surface area contributed by atoms with Crippen LogP contribution in [0.2, 0.25) is 0 Å². The van der Waals surface area contributed by atoms with Crippen LogP contribution in [0.3, 0.4) is 0 Å². The standard InChI is InChI=1S/C10H23N3/c1-5-7-13-10(6-2)8-11-9(3)12(13)4/h9-11H,5-8H2,1-4H3. The molecule has 1 saturated heterocycles. The Morgan fingerprint density at radius 1 is 1.38 bits per heavy atom. The minimum absolute atomic E-state index is 0.481. The highest BCUT2D eigenvalue weighted by Crippen LogP contribution is 2.13. The fourth-order valence-corrected chi connectivity index (χ4v) is 1.95. The molecule has 13 heavy (non-hydrogen) atoms. The van der Waals surface area contributed by atoms with E-state index in [-0.39, 0.29) is 0 Å². The molecule has 0 aromatic rings. The van der Waals surface area contributed by atoms with Crippen molar-refractivity contribution < 1.29 is 0 Å². The smallest absolute Gasteiger partial charge is 0.0704 e. The summed E-state index contributed by atoms with van der Waals surface area (Å²) in [5.74, 6) is 0. The highest BCUT2D eigenvalue weighted by Gasteiger charge is 2.28. The molecule has 78 valence electrons. The molecule has 1 heterocycles. The van der Waals surface area contributed by atoms with E-state index in [1.807, 2.05) is 0 Å². The third kappa shape index (κ3) is 2.42. The van der Waals surface area contributed by atoms with E-state index in [1.54, 1.807) is 0 Å². The van der Waals surface area contributed by atoms with Gasteiger partial charge in [-0.2, -0.15) is 0 Å². The normalized spacial score (nSPS) is 32.3. The Hall–Kier alpha value is -0.120. The van der Waals surface area contributed by atoms with Crippen LogP contribution in [0.1, 0.15) is 33.6 Å². The molecule has 0 radical (unpaired) electrons. The van der Waals surface area contributed by atoms with E-state index in [1.165, 1.54) is 19.4 Å². The van der Waals surface area contributed by atoms with Crippen LogP contribution in [0, 0.1) is 0 Å². The van der Waals surface area contributed by atoms with Crippen molar-refractivity contribution in [3.05, 3.63) is 0 Å². The maximum Gasteiger partial charge on any atom is 0.0704 e. The first-order chi connectivity index (χ1) is 6.20. The van der Waals surface area contributed by atoms with Gasteiger partial charge in [0.25, 0.3) is 0 Å². The minimum atomic E-state index is 0.481. The maximum absolute atomic E-state index is 3.51. The van der Waals surface area contributed by atoms with Gasteiger partial charge >= 0.3 is 0 Å². The molecule has 1 aliphatic heterocycles. The number of hydrogen-bond acceptors (Lipinski definition) is 3. The van der Waals surface area contributed by atoms with Gasteiger partial charge in [0, 0.05) is 26.2 Å². The van der Waals surface area contributed by atoms with Gasteiger partial charge < -0.3 is 0 Å². The second kappa shape index (κ2) is 4.94. The molecule has 1 aliphatic rings. The van der Waals surface area contributed by atoms with E-state index < -0.39 is 0 Å². The number of nitrogens with one attached hydrogen (secondary N) is 1. The van der Waals surface area contributed by atoms with Crippen LogP contribution in [0.4, 0.5) is 0 Å². The van der Waals surface area contributed by atoms with Gasteiger partial charge in [0.15, 0.2) is 0 Å². The summed E-state index contributed by atoms with van der Waals surface area (Å²) in [7, 11) is 2.18. The number of rotatable bonds is 3. The zero-order valence-electron chi connectivity index (χ0n) is 9.38. The van der Waals surface area contributed by atoms with Crippen molar-refractivity contribution >= 4 is 0 Å². The number of hydrazine groups is 1. The molecule has 0 aromatic carbocycles. The molecule has 3 nitrogen and oxygen atoms in total. The van der Waals surface area contributed by atoms with E-state index in [0.29, 0.717) is 12.2 Å². The molecule has 1 fully saturated rings. The lowest BCUT2D eigenvalue weighted by Gasteiger charge is -2.46. The molecule has 1 rings (SSSR count). The van der Waals surface area contributed by atoms with Gasteiger partial charge in [-0.25, -0.2) is 10.0 Å². The Morgan fingerprint density at radius 3 is 2.62 bits per heavy atom. The van der Waals surface area contributed by atoms with Crippen molar-refractivity contribution in [2.75, 3.05) is 20.1 Å². The summed E-state index contributed by atoms with van der Waals surface area (Å²) in [6.07, 6.45) is 2.94. The van der Waals surface area contributed by atoms with Crippen LogP contribution in [-0.4, -0.2) is 42.4 Å². The average Bonchev–Trinajstić information content (AvgIpc) is 2.14. The van der Waals surface area contributed by atoms with Crippen LogP contribution >= 0.6 is 0 Å². The molecule has 0 aliphatic carbocycles. The van der Waals surface area contributed by atoms with Crippen LogP contribution in [0.15, 0.2) is 0 Å². The predicted molar refractivity (Wildman–Crippen MR) is 56.3 cm³/mol. The monoisotopic (exact) mass is 185 g/mol. The number of hydrogen-bond donors (Lipinski definition) is 1. The molecule has 2 unspecified atom stereocenters. The van der Waals surface area contributed by atoms with E-state index in [0.717, 1.165) is 6.54 Å². The van der Waals surface area contributed by atoms with Crippen molar-refractivity contribution in [3.8, 4) is 0 Å². The zero-order valence-corrected chi connectivity index (χ0v) is 9.38. The van der Waals surface area contributed by atoms with Gasteiger partial charge in [-0.3, -0.25) is 5.32 Å². The molecular weight excluding hydrogens is 162 g/mol. The highest BCUT2D eigenvalue weighted by atomic mass is 15.7. The van der Waals surface area contributed by atoms with Crippen LogP contribution in [0.25, 0.3) is 0 Å². The molecule has 2 atom stereocenters. The van der Waals surface area contributed by atoms with E-state index >= 15 is 0 Å². The average molecular weight is 185 g/mol. The van der Waals surface area contributed by atoms with Crippen molar-refractivity contribution in [1.29, 1.82) is 0 Å². The SMILES string of the molecule is CCCN1C(CC)CNC(C)N1C. The summed E-state index contributed by atoms with van der Waals surface area (Å²) >= 11 is 0. The largest absolute Gasteiger partial charge is 0.299 e. The Balaban J connectivity index is 2.57. The van der Waals surface area contributed by atoms with Gasteiger partial charge in [-0.1, -0.05) is 13.8 Å². The number of nitrogens with zero attached hydrogens (tertiary/aromatic N) is 2. The molecule has 1 N–H and O–H groups in total. The Bertz CT molecular complexity index is 147. The molecule has 3 heteroatoms. The van der Waals surface area contributed by atoms with Crippen molar-refractivity contribution in [2.45, 2.75) is 45.8 Å². The Morgan fingerprint density at radius 2 is 2.08 bits per heavy atom. The summed E-state index contributed by atoms with van der Waals surface area (Å²) < 4.78 is 0. The van der Waals surface area contributed by atoms with Crippen molar-refractivity contribution in [3.63, 3.8) is 0 Å². The lowest BCUT2D eigenvalue weighted by atomic mass is 10.1. The summed E-state index contributed by atoms with van der Waals surface area (Å²) in [6, 6.07) is 0.682. The van der Waals surface area contributed by atoms with Gasteiger partial charge in [0.1, 0.15) is 0 Å². The van der Waals surface area contributed by atoms with Crippen molar-refractivity contribution in [1.82, 2.24) is 15.3 Å². The summed E-state index contributed by atoms with van der Waals surface area (Å²) in [4.78, 5) is 0. The fourth-order valence-electron chi connectivity index (χ4n) is 1.95. The first-order valence-corrected chi connectivity index (χ1v) is 5.43. The summed E-state index contributed by atoms with van der Waals surface area (Å²) in [5.41, 5.74) is 0. The molecule has 0 bridgehead atoms. The molecule has 0 saturated carbocycles. The third-order valence-corrected chi connectivity index (χ3v) is 2.96. The lowest BCUT2D eigenvalue weighted by Crippen LogP contribution is -2.63. The molecule has 0 spiro atoms. The van der Waals surface area contributed by atoms with Gasteiger partial charge in [-0.15, -0.1) is 0 Å². The predicted octanol–water partition coefficient (Wildman–Crippen LogP) is 1.27. The minimum Gasteiger partial charge on any atom is -0.299 e. The van der Waals surface area contributed by atoms with E-state index in [2.05, 4.69) is 43.2 Å². The van der Waals surface area contributed by atoms with Crippen LogP contribution < -0.4 is 5.32 Å². The van der Waals surface area contributed by atoms with Crippen LogP contribution in [0.5, 0.6) is 0 Å². The third-order valence-electron chi connectivity index (χ3n) is 2.96. The lowest BCUT2D eigenvalue weighted by molar-refractivity contribution is -0.106.